The topological polar surface area (TPSA) is 58.2 Å². The molecule has 31 heavy (non-hydrogen) atoms. The van der Waals surface area contributed by atoms with E-state index in [0.29, 0.717) is 31.9 Å². The van der Waals surface area contributed by atoms with E-state index in [-0.39, 0.29) is 5.91 Å². The van der Waals surface area contributed by atoms with E-state index in [1.54, 1.807) is 17.4 Å². The van der Waals surface area contributed by atoms with Gasteiger partial charge in [0, 0.05) is 52.4 Å². The second-order valence-electron chi connectivity index (χ2n) is 7.53. The summed E-state index contributed by atoms with van der Waals surface area (Å²) >= 11 is 1.73. The first-order valence-corrected chi connectivity index (χ1v) is 11.4. The van der Waals surface area contributed by atoms with Crippen molar-refractivity contribution in [2.45, 2.75) is 20.3 Å². The van der Waals surface area contributed by atoms with Crippen molar-refractivity contribution >= 4 is 33.9 Å². The van der Waals surface area contributed by atoms with Gasteiger partial charge in [0.05, 0.1) is 13.2 Å². The number of carbonyl (C=O) groups is 1. The van der Waals surface area contributed by atoms with Crippen LogP contribution >= 0.6 is 11.3 Å². The molecule has 0 spiro atoms. The van der Waals surface area contributed by atoms with Crippen LogP contribution < -0.4 is 0 Å². The van der Waals surface area contributed by atoms with Crippen LogP contribution in [0, 0.1) is 6.92 Å². The quantitative estimate of drug-likeness (QED) is 0.420. The second-order valence-corrected chi connectivity index (χ2v) is 8.45. The van der Waals surface area contributed by atoms with E-state index < -0.39 is 0 Å². The van der Waals surface area contributed by atoms with E-state index >= 15 is 0 Å². The number of morpholine rings is 1. The van der Waals surface area contributed by atoms with Crippen LogP contribution in [-0.2, 0) is 9.53 Å². The highest BCUT2D eigenvalue weighted by molar-refractivity contribution is 7.13. The first-order chi connectivity index (χ1) is 15.1. The largest absolute Gasteiger partial charge is 0.378 e. The number of carbonyl (C=O) groups excluding carboxylic acids is 1. The van der Waals surface area contributed by atoms with Crippen molar-refractivity contribution in [3.05, 3.63) is 71.4 Å². The van der Waals surface area contributed by atoms with Gasteiger partial charge in [0.15, 0.2) is 0 Å². The van der Waals surface area contributed by atoms with Crippen LogP contribution in [0.3, 0.4) is 0 Å². The number of aromatic amines is 1. The third-order valence-corrected chi connectivity index (χ3v) is 6.52. The maximum atomic E-state index is 13.0. The van der Waals surface area contributed by atoms with Gasteiger partial charge in [0.1, 0.15) is 5.65 Å². The van der Waals surface area contributed by atoms with Gasteiger partial charge >= 0.3 is 0 Å². The van der Waals surface area contributed by atoms with Gasteiger partial charge in [0.25, 0.3) is 5.91 Å². The van der Waals surface area contributed by atoms with Gasteiger partial charge in [0.2, 0.25) is 0 Å². The van der Waals surface area contributed by atoms with Gasteiger partial charge in [-0.25, -0.2) is 4.98 Å². The zero-order chi connectivity index (χ0) is 21.8. The Labute approximate surface area is 186 Å². The highest BCUT2D eigenvalue weighted by Crippen LogP contribution is 2.35. The molecule has 1 aliphatic rings. The molecular formula is C25H27N3O2S. The average molecular weight is 434 g/mol. The highest BCUT2D eigenvalue weighted by atomic mass is 32.1. The molecule has 160 valence electrons. The molecule has 1 fully saturated rings. The second kappa shape index (κ2) is 9.45. The van der Waals surface area contributed by atoms with E-state index in [1.165, 1.54) is 10.4 Å². The number of amides is 1. The minimum Gasteiger partial charge on any atom is -0.378 e. The molecule has 5 nitrogen and oxygen atoms in total. The molecule has 0 aromatic carbocycles. The smallest absolute Gasteiger partial charge is 0.254 e. The Bertz CT molecular complexity index is 1160. The van der Waals surface area contributed by atoms with Crippen molar-refractivity contribution in [1.29, 1.82) is 0 Å². The van der Waals surface area contributed by atoms with Crippen molar-refractivity contribution in [3.63, 3.8) is 0 Å². The molecule has 0 saturated carbocycles. The molecule has 4 heterocycles. The van der Waals surface area contributed by atoms with E-state index in [1.807, 2.05) is 23.4 Å². The maximum absolute atomic E-state index is 13.0. The van der Waals surface area contributed by atoms with Gasteiger partial charge < -0.3 is 14.6 Å². The monoisotopic (exact) mass is 433 g/mol. The van der Waals surface area contributed by atoms with Crippen LogP contribution in [0.5, 0.6) is 0 Å². The molecule has 1 amide bonds. The number of fused-ring (bicyclic) bond motifs is 1. The summed E-state index contributed by atoms with van der Waals surface area (Å²) in [7, 11) is 0. The first kappa shape index (κ1) is 21.3. The Balaban J connectivity index is 1.73. The SMILES string of the molecule is C=C/C(=C\C(=C/CC)c1cnc2[nH]cc(-c3sccc3C)c2c1)C(=O)N1CCOCC1. The molecule has 1 N–H and O–H groups in total. The molecule has 0 radical (unpaired) electrons. The third-order valence-electron chi connectivity index (χ3n) is 5.47. The summed E-state index contributed by atoms with van der Waals surface area (Å²) in [5.74, 6) is -0.00844. The molecule has 0 atom stereocenters. The van der Waals surface area contributed by atoms with Gasteiger partial charge in [-0.2, -0.15) is 0 Å². The fraction of sp³-hybridized carbons (Fsp3) is 0.280. The Morgan fingerprint density at radius 3 is 2.87 bits per heavy atom. The lowest BCUT2D eigenvalue weighted by Crippen LogP contribution is -2.41. The highest BCUT2D eigenvalue weighted by Gasteiger charge is 2.19. The molecule has 4 rings (SSSR count). The predicted octanol–water partition coefficient (Wildman–Crippen LogP) is 5.36. The Hall–Kier alpha value is -2.96. The number of aryl methyl sites for hydroxylation is 1. The number of rotatable bonds is 6. The zero-order valence-corrected chi connectivity index (χ0v) is 18.8. The molecule has 0 bridgehead atoms. The minimum absolute atomic E-state index is 0.00844. The number of ether oxygens (including phenoxy) is 1. The molecular weight excluding hydrogens is 406 g/mol. The summed E-state index contributed by atoms with van der Waals surface area (Å²) in [6.07, 6.45) is 10.4. The Morgan fingerprint density at radius 1 is 1.39 bits per heavy atom. The number of hydrogen-bond donors (Lipinski definition) is 1. The fourth-order valence-electron chi connectivity index (χ4n) is 3.80. The van der Waals surface area contributed by atoms with Crippen LogP contribution in [0.4, 0.5) is 0 Å². The number of nitrogens with zero attached hydrogens (tertiary/aromatic N) is 2. The molecule has 0 unspecified atom stereocenters. The average Bonchev–Trinajstić information content (AvgIpc) is 3.41. The number of allylic oxidation sites excluding steroid dienone is 3. The van der Waals surface area contributed by atoms with Crippen LogP contribution in [0.25, 0.3) is 27.0 Å². The van der Waals surface area contributed by atoms with E-state index in [2.05, 4.69) is 54.0 Å². The number of H-pyrrole nitrogens is 1. The van der Waals surface area contributed by atoms with Crippen molar-refractivity contribution in [3.8, 4) is 10.4 Å². The lowest BCUT2D eigenvalue weighted by atomic mass is 10.0. The van der Waals surface area contributed by atoms with Crippen LogP contribution in [0.2, 0.25) is 0 Å². The molecule has 0 aliphatic carbocycles. The van der Waals surface area contributed by atoms with E-state index in [4.69, 9.17) is 4.74 Å². The summed E-state index contributed by atoms with van der Waals surface area (Å²) in [6.45, 7) is 10.5. The lowest BCUT2D eigenvalue weighted by Gasteiger charge is -2.27. The van der Waals surface area contributed by atoms with Crippen molar-refractivity contribution < 1.29 is 9.53 Å². The standard InChI is InChI=1S/C25H27N3O2S/c1-4-6-19(13-18(5-2)25(29)28-8-10-30-11-9-28)20-14-21-22(16-27-24(21)26-15-20)23-17(3)7-12-31-23/h5-7,12-16H,2,4,8-11H2,1,3H3,(H,26,27)/b18-13+,19-6+. The molecule has 3 aromatic heterocycles. The number of pyridine rings is 1. The molecule has 6 heteroatoms. The van der Waals surface area contributed by atoms with Gasteiger partial charge in [-0.3, -0.25) is 4.79 Å². The fourth-order valence-corrected chi connectivity index (χ4v) is 4.76. The molecule has 3 aromatic rings. The maximum Gasteiger partial charge on any atom is 0.254 e. The summed E-state index contributed by atoms with van der Waals surface area (Å²) in [6, 6.07) is 4.29. The van der Waals surface area contributed by atoms with Gasteiger partial charge in [-0.15, -0.1) is 11.3 Å². The number of thiophene rings is 1. The first-order valence-electron chi connectivity index (χ1n) is 10.6. The minimum atomic E-state index is -0.00844. The summed E-state index contributed by atoms with van der Waals surface area (Å²) in [4.78, 5) is 24.0. The predicted molar refractivity (Wildman–Crippen MR) is 128 cm³/mol. The lowest BCUT2D eigenvalue weighted by molar-refractivity contribution is -0.130. The molecule has 1 aliphatic heterocycles. The summed E-state index contributed by atoms with van der Waals surface area (Å²) in [5, 5.41) is 3.19. The third kappa shape index (κ3) is 4.40. The van der Waals surface area contributed by atoms with E-state index in [9.17, 15) is 4.79 Å². The van der Waals surface area contributed by atoms with E-state index in [0.717, 1.165) is 34.2 Å². The van der Waals surface area contributed by atoms with Gasteiger partial charge in [-0.05, 0) is 48.1 Å². The van der Waals surface area contributed by atoms with Gasteiger partial charge in [-0.1, -0.05) is 25.7 Å². The van der Waals surface area contributed by atoms with Crippen molar-refractivity contribution in [1.82, 2.24) is 14.9 Å². The summed E-state index contributed by atoms with van der Waals surface area (Å²) < 4.78 is 5.37. The number of nitrogens with one attached hydrogen (secondary N) is 1. The molecule has 1 saturated heterocycles. The Kier molecular flexibility index (Phi) is 6.49. The normalized spacial score (nSPS) is 15.5. The van der Waals surface area contributed by atoms with Crippen LogP contribution in [0.15, 0.2) is 60.3 Å². The van der Waals surface area contributed by atoms with Crippen molar-refractivity contribution in [2.75, 3.05) is 26.3 Å². The zero-order valence-electron chi connectivity index (χ0n) is 18.0. The number of aromatic nitrogens is 2. The van der Waals surface area contributed by atoms with Crippen LogP contribution in [-0.4, -0.2) is 47.1 Å². The summed E-state index contributed by atoms with van der Waals surface area (Å²) in [5.41, 5.74) is 5.82. The Morgan fingerprint density at radius 2 is 2.19 bits per heavy atom. The van der Waals surface area contributed by atoms with Crippen molar-refractivity contribution in [2.24, 2.45) is 0 Å². The van der Waals surface area contributed by atoms with Crippen LogP contribution in [0.1, 0.15) is 24.5 Å². The number of hydrogen-bond acceptors (Lipinski definition) is 4.